The lowest BCUT2D eigenvalue weighted by atomic mass is 10.0. The van der Waals surface area contributed by atoms with Crippen molar-refractivity contribution in [2.24, 2.45) is 0 Å². The normalized spacial score (nSPS) is 28.9. The average Bonchev–Trinajstić information content (AvgIpc) is 2.64. The standard InChI is InChI=1S/C14H26N2O2/c1-15-10-7-12(8-11-15)16-9-5-3-4-6-13(16)14(17)18-2/h12-13H,3-11H2,1-2H3. The maximum absolute atomic E-state index is 12.0. The molecule has 0 spiro atoms. The Morgan fingerprint density at radius 2 is 1.78 bits per heavy atom. The molecule has 0 aliphatic carbocycles. The van der Waals surface area contributed by atoms with Crippen LogP contribution < -0.4 is 0 Å². The highest BCUT2D eigenvalue weighted by molar-refractivity contribution is 5.75. The van der Waals surface area contributed by atoms with Gasteiger partial charge in [-0.2, -0.15) is 0 Å². The van der Waals surface area contributed by atoms with Crippen LogP contribution in [0.1, 0.15) is 38.5 Å². The van der Waals surface area contributed by atoms with Gasteiger partial charge in [0.2, 0.25) is 0 Å². The number of piperidine rings is 1. The molecule has 18 heavy (non-hydrogen) atoms. The van der Waals surface area contributed by atoms with E-state index >= 15 is 0 Å². The number of likely N-dealkylation sites (tertiary alicyclic amines) is 2. The number of nitrogens with zero attached hydrogens (tertiary/aromatic N) is 2. The van der Waals surface area contributed by atoms with Crippen molar-refractivity contribution >= 4 is 5.97 Å². The Morgan fingerprint density at radius 3 is 2.44 bits per heavy atom. The Hall–Kier alpha value is -0.610. The van der Waals surface area contributed by atoms with Crippen molar-refractivity contribution < 1.29 is 9.53 Å². The Morgan fingerprint density at radius 1 is 1.06 bits per heavy atom. The van der Waals surface area contributed by atoms with Crippen LogP contribution in [0.5, 0.6) is 0 Å². The van der Waals surface area contributed by atoms with Gasteiger partial charge in [-0.15, -0.1) is 0 Å². The van der Waals surface area contributed by atoms with Crippen molar-refractivity contribution in [3.63, 3.8) is 0 Å². The molecule has 0 radical (unpaired) electrons. The number of esters is 1. The van der Waals surface area contributed by atoms with E-state index in [-0.39, 0.29) is 12.0 Å². The third kappa shape index (κ3) is 3.23. The number of hydrogen-bond acceptors (Lipinski definition) is 4. The Bertz CT molecular complexity index is 275. The second kappa shape index (κ2) is 6.53. The van der Waals surface area contributed by atoms with Crippen LogP contribution in [0, 0.1) is 0 Å². The van der Waals surface area contributed by atoms with Gasteiger partial charge in [-0.05, 0) is 52.4 Å². The predicted molar refractivity (Wildman–Crippen MR) is 71.5 cm³/mol. The van der Waals surface area contributed by atoms with E-state index in [0.29, 0.717) is 6.04 Å². The highest BCUT2D eigenvalue weighted by Gasteiger charge is 2.34. The van der Waals surface area contributed by atoms with Gasteiger partial charge in [0.05, 0.1) is 7.11 Å². The van der Waals surface area contributed by atoms with Gasteiger partial charge in [0.1, 0.15) is 6.04 Å². The SMILES string of the molecule is COC(=O)C1CCCCCN1C1CCN(C)CC1. The zero-order valence-corrected chi connectivity index (χ0v) is 11.7. The Labute approximate surface area is 110 Å². The lowest BCUT2D eigenvalue weighted by Gasteiger charge is -2.39. The maximum Gasteiger partial charge on any atom is 0.323 e. The van der Waals surface area contributed by atoms with Crippen LogP contribution in [0.2, 0.25) is 0 Å². The van der Waals surface area contributed by atoms with E-state index < -0.39 is 0 Å². The molecule has 2 heterocycles. The molecule has 2 rings (SSSR count). The van der Waals surface area contributed by atoms with E-state index in [4.69, 9.17) is 4.74 Å². The van der Waals surface area contributed by atoms with Crippen molar-refractivity contribution in [1.82, 2.24) is 9.80 Å². The number of carbonyl (C=O) groups is 1. The monoisotopic (exact) mass is 254 g/mol. The van der Waals surface area contributed by atoms with E-state index in [0.717, 1.165) is 32.5 Å². The lowest BCUT2D eigenvalue weighted by molar-refractivity contribution is -0.148. The van der Waals surface area contributed by atoms with Gasteiger partial charge in [0, 0.05) is 6.04 Å². The molecule has 0 aromatic carbocycles. The van der Waals surface area contributed by atoms with Crippen LogP contribution in [0.25, 0.3) is 0 Å². The van der Waals surface area contributed by atoms with Crippen molar-refractivity contribution in [1.29, 1.82) is 0 Å². The average molecular weight is 254 g/mol. The first-order valence-corrected chi connectivity index (χ1v) is 7.24. The summed E-state index contributed by atoms with van der Waals surface area (Å²) in [7, 11) is 3.69. The third-order valence-corrected chi connectivity index (χ3v) is 4.42. The third-order valence-electron chi connectivity index (χ3n) is 4.42. The fraction of sp³-hybridized carbons (Fsp3) is 0.929. The van der Waals surface area contributed by atoms with Crippen LogP contribution in [0.4, 0.5) is 0 Å². The summed E-state index contributed by atoms with van der Waals surface area (Å²) in [6.07, 6.45) is 6.96. The molecule has 2 fully saturated rings. The molecule has 2 aliphatic heterocycles. The van der Waals surface area contributed by atoms with E-state index in [1.165, 1.54) is 32.8 Å². The second-order valence-electron chi connectivity index (χ2n) is 5.66. The topological polar surface area (TPSA) is 32.8 Å². The molecule has 4 nitrogen and oxygen atoms in total. The van der Waals surface area contributed by atoms with Crippen molar-refractivity contribution in [3.05, 3.63) is 0 Å². The van der Waals surface area contributed by atoms with Gasteiger partial charge in [-0.3, -0.25) is 9.69 Å². The van der Waals surface area contributed by atoms with Crippen LogP contribution >= 0.6 is 0 Å². The van der Waals surface area contributed by atoms with E-state index in [9.17, 15) is 4.79 Å². The first-order chi connectivity index (χ1) is 8.72. The molecule has 4 heteroatoms. The summed E-state index contributed by atoms with van der Waals surface area (Å²) in [6.45, 7) is 3.36. The summed E-state index contributed by atoms with van der Waals surface area (Å²) in [5.74, 6) is -0.0316. The minimum Gasteiger partial charge on any atom is -0.468 e. The molecule has 0 aromatic rings. The number of methoxy groups -OCH3 is 1. The molecular formula is C14H26N2O2. The summed E-state index contributed by atoms with van der Waals surface area (Å²) in [5.41, 5.74) is 0. The largest absolute Gasteiger partial charge is 0.468 e. The van der Waals surface area contributed by atoms with Crippen molar-refractivity contribution in [2.45, 2.75) is 50.6 Å². The maximum atomic E-state index is 12.0. The summed E-state index contributed by atoms with van der Waals surface area (Å²) >= 11 is 0. The fourth-order valence-corrected chi connectivity index (χ4v) is 3.28. The number of rotatable bonds is 2. The first kappa shape index (κ1) is 13.8. The molecular weight excluding hydrogens is 228 g/mol. The highest BCUT2D eigenvalue weighted by Crippen LogP contribution is 2.25. The van der Waals surface area contributed by atoms with Crippen LogP contribution in [0.15, 0.2) is 0 Å². The lowest BCUT2D eigenvalue weighted by Crippen LogP contribution is -2.51. The highest BCUT2D eigenvalue weighted by atomic mass is 16.5. The number of ether oxygens (including phenoxy) is 1. The van der Waals surface area contributed by atoms with Gasteiger partial charge in [0.25, 0.3) is 0 Å². The van der Waals surface area contributed by atoms with Gasteiger partial charge in [0.15, 0.2) is 0 Å². The minimum absolute atomic E-state index is 0.00547. The van der Waals surface area contributed by atoms with Gasteiger partial charge < -0.3 is 9.64 Å². The fourth-order valence-electron chi connectivity index (χ4n) is 3.28. The van der Waals surface area contributed by atoms with Crippen LogP contribution in [0.3, 0.4) is 0 Å². The Kier molecular flexibility index (Phi) is 5.01. The van der Waals surface area contributed by atoms with Crippen LogP contribution in [-0.4, -0.2) is 61.6 Å². The summed E-state index contributed by atoms with van der Waals surface area (Å²) in [4.78, 5) is 16.8. The Balaban J connectivity index is 2.03. The van der Waals surface area contributed by atoms with Crippen LogP contribution in [-0.2, 0) is 9.53 Å². The number of hydrogen-bond donors (Lipinski definition) is 0. The molecule has 2 saturated heterocycles. The molecule has 1 unspecified atom stereocenters. The van der Waals surface area contributed by atoms with Crippen molar-refractivity contribution in [3.8, 4) is 0 Å². The molecule has 0 bridgehead atoms. The second-order valence-corrected chi connectivity index (χ2v) is 5.66. The van der Waals surface area contributed by atoms with E-state index in [1.54, 1.807) is 0 Å². The molecule has 0 N–H and O–H groups in total. The zero-order chi connectivity index (χ0) is 13.0. The molecule has 0 saturated carbocycles. The quantitative estimate of drug-likeness (QED) is 0.699. The molecule has 2 aliphatic rings. The summed E-state index contributed by atoms with van der Waals surface area (Å²) < 4.78 is 5.00. The van der Waals surface area contributed by atoms with Gasteiger partial charge in [-0.1, -0.05) is 12.8 Å². The van der Waals surface area contributed by atoms with Gasteiger partial charge in [-0.25, -0.2) is 0 Å². The predicted octanol–water partition coefficient (Wildman–Crippen LogP) is 1.50. The van der Waals surface area contributed by atoms with Gasteiger partial charge >= 0.3 is 5.97 Å². The summed E-state index contributed by atoms with van der Waals surface area (Å²) in [5, 5.41) is 0. The molecule has 0 amide bonds. The minimum atomic E-state index is -0.0316. The zero-order valence-electron chi connectivity index (χ0n) is 11.7. The summed E-state index contributed by atoms with van der Waals surface area (Å²) in [6, 6.07) is 0.578. The molecule has 1 atom stereocenters. The smallest absolute Gasteiger partial charge is 0.323 e. The van der Waals surface area contributed by atoms with E-state index in [1.807, 2.05) is 0 Å². The van der Waals surface area contributed by atoms with E-state index in [2.05, 4.69) is 16.8 Å². The van der Waals surface area contributed by atoms with Crippen molar-refractivity contribution in [2.75, 3.05) is 33.8 Å². The molecule has 104 valence electrons. The first-order valence-electron chi connectivity index (χ1n) is 7.24. The number of carbonyl (C=O) groups excluding carboxylic acids is 1. The molecule has 0 aromatic heterocycles.